The van der Waals surface area contributed by atoms with Crippen LogP contribution in [0.4, 0.5) is 10.3 Å². The number of carbonyl (C=O) groups excluding carboxylic acids is 1. The molecule has 2 aromatic carbocycles. The second-order valence-corrected chi connectivity index (χ2v) is 9.06. The molecule has 1 amide bonds. The molecule has 1 aromatic heterocycles. The SMILES string of the molecule is O=C(c1cccc(F)c1)N(Cc1c(-c2ccccc2)noc1N1CCCCC1)C[C@H]1CCCO1. The highest BCUT2D eigenvalue weighted by atomic mass is 19.1. The highest BCUT2D eigenvalue weighted by Gasteiger charge is 2.30. The minimum atomic E-state index is -0.424. The van der Waals surface area contributed by atoms with Crippen LogP contribution in [0.1, 0.15) is 48.0 Å². The standard InChI is InChI=1S/C27H30FN3O3/c28-22-12-7-11-21(17-22)26(32)31(18-23-13-8-16-33-23)19-24-25(20-9-3-1-4-10-20)29-34-27(24)30-14-5-2-6-15-30/h1,3-4,7,9-12,17,23H,2,5-6,8,13-16,18-19H2/t23-/m1/s1. The number of carbonyl (C=O) groups is 1. The van der Waals surface area contributed by atoms with Crippen LogP contribution < -0.4 is 4.90 Å². The third-order valence-corrected chi connectivity index (χ3v) is 6.61. The first kappa shape index (κ1) is 22.6. The molecule has 0 N–H and O–H groups in total. The lowest BCUT2D eigenvalue weighted by molar-refractivity contribution is 0.0507. The van der Waals surface area contributed by atoms with Crippen molar-refractivity contribution in [3.8, 4) is 11.3 Å². The van der Waals surface area contributed by atoms with Gasteiger partial charge in [-0.25, -0.2) is 4.39 Å². The van der Waals surface area contributed by atoms with Crippen molar-refractivity contribution in [3.63, 3.8) is 0 Å². The fourth-order valence-electron chi connectivity index (χ4n) is 4.86. The number of hydrogen-bond donors (Lipinski definition) is 0. The monoisotopic (exact) mass is 463 g/mol. The predicted octanol–water partition coefficient (Wildman–Crippen LogP) is 5.29. The minimum Gasteiger partial charge on any atom is -0.376 e. The molecule has 1 atom stereocenters. The number of hydrogen-bond acceptors (Lipinski definition) is 5. The number of amides is 1. The van der Waals surface area contributed by atoms with Crippen LogP contribution in [0.2, 0.25) is 0 Å². The van der Waals surface area contributed by atoms with Gasteiger partial charge in [0, 0.05) is 37.4 Å². The van der Waals surface area contributed by atoms with Crippen LogP contribution in [0.25, 0.3) is 11.3 Å². The number of halogens is 1. The number of nitrogens with zero attached hydrogens (tertiary/aromatic N) is 3. The smallest absolute Gasteiger partial charge is 0.254 e. The van der Waals surface area contributed by atoms with Gasteiger partial charge in [0.15, 0.2) is 0 Å². The quantitative estimate of drug-likeness (QED) is 0.476. The Balaban J connectivity index is 1.52. The average Bonchev–Trinajstić information content (AvgIpc) is 3.54. The molecule has 6 nitrogen and oxygen atoms in total. The second-order valence-electron chi connectivity index (χ2n) is 9.06. The lowest BCUT2D eigenvalue weighted by atomic mass is 10.0. The maximum atomic E-state index is 13.9. The molecule has 7 heteroatoms. The fraction of sp³-hybridized carbons (Fsp3) is 0.407. The first-order valence-electron chi connectivity index (χ1n) is 12.1. The van der Waals surface area contributed by atoms with Crippen LogP contribution in [0.15, 0.2) is 59.1 Å². The Hall–Kier alpha value is -3.19. The first-order chi connectivity index (χ1) is 16.7. The van der Waals surface area contributed by atoms with Gasteiger partial charge in [-0.15, -0.1) is 0 Å². The van der Waals surface area contributed by atoms with Gasteiger partial charge in [-0.3, -0.25) is 4.79 Å². The Bertz CT molecular complexity index is 1110. The van der Waals surface area contributed by atoms with Crippen molar-refractivity contribution in [2.75, 3.05) is 31.1 Å². The Morgan fingerprint density at radius 2 is 1.88 bits per heavy atom. The van der Waals surface area contributed by atoms with Crippen molar-refractivity contribution < 1.29 is 18.4 Å². The summed E-state index contributed by atoms with van der Waals surface area (Å²) in [4.78, 5) is 17.6. The zero-order valence-electron chi connectivity index (χ0n) is 19.3. The molecule has 34 heavy (non-hydrogen) atoms. The molecule has 178 valence electrons. The van der Waals surface area contributed by atoms with E-state index in [0.717, 1.165) is 61.5 Å². The van der Waals surface area contributed by atoms with E-state index in [4.69, 9.17) is 9.26 Å². The molecule has 0 bridgehead atoms. The van der Waals surface area contributed by atoms with E-state index in [2.05, 4.69) is 10.1 Å². The van der Waals surface area contributed by atoms with E-state index in [1.165, 1.54) is 18.6 Å². The largest absolute Gasteiger partial charge is 0.376 e. The lowest BCUT2D eigenvalue weighted by Crippen LogP contribution is -2.38. The van der Waals surface area contributed by atoms with Crippen molar-refractivity contribution in [1.29, 1.82) is 0 Å². The van der Waals surface area contributed by atoms with Gasteiger partial charge in [0.1, 0.15) is 11.5 Å². The molecular formula is C27H30FN3O3. The Kier molecular flexibility index (Phi) is 6.90. The third-order valence-electron chi connectivity index (χ3n) is 6.61. The van der Waals surface area contributed by atoms with Crippen molar-refractivity contribution in [1.82, 2.24) is 10.1 Å². The van der Waals surface area contributed by atoms with E-state index in [0.29, 0.717) is 25.3 Å². The van der Waals surface area contributed by atoms with Gasteiger partial charge in [0.05, 0.1) is 18.2 Å². The molecule has 0 saturated carbocycles. The van der Waals surface area contributed by atoms with E-state index >= 15 is 0 Å². The van der Waals surface area contributed by atoms with Gasteiger partial charge >= 0.3 is 0 Å². The molecule has 0 aliphatic carbocycles. The highest BCUT2D eigenvalue weighted by molar-refractivity contribution is 5.94. The topological polar surface area (TPSA) is 58.8 Å². The summed E-state index contributed by atoms with van der Waals surface area (Å²) in [5.41, 5.74) is 2.90. The summed E-state index contributed by atoms with van der Waals surface area (Å²) in [5, 5.41) is 4.45. The summed E-state index contributed by atoms with van der Waals surface area (Å²) in [6.07, 6.45) is 5.26. The van der Waals surface area contributed by atoms with Crippen molar-refractivity contribution >= 4 is 11.8 Å². The van der Waals surface area contributed by atoms with E-state index in [1.54, 1.807) is 17.0 Å². The van der Waals surface area contributed by atoms with Gasteiger partial charge in [-0.2, -0.15) is 0 Å². The van der Waals surface area contributed by atoms with Gasteiger partial charge in [0.2, 0.25) is 5.88 Å². The summed E-state index contributed by atoms with van der Waals surface area (Å²) >= 11 is 0. The Labute approximate surface area is 199 Å². The first-order valence-corrected chi connectivity index (χ1v) is 12.1. The van der Waals surface area contributed by atoms with Gasteiger partial charge in [-0.05, 0) is 50.3 Å². The maximum absolute atomic E-state index is 13.9. The van der Waals surface area contributed by atoms with E-state index in [-0.39, 0.29) is 12.0 Å². The minimum absolute atomic E-state index is 0.0315. The van der Waals surface area contributed by atoms with Crippen LogP contribution in [0.3, 0.4) is 0 Å². The summed E-state index contributed by atoms with van der Waals surface area (Å²) in [7, 11) is 0. The molecule has 3 aromatic rings. The van der Waals surface area contributed by atoms with Crippen LogP contribution in [0.5, 0.6) is 0 Å². The average molecular weight is 464 g/mol. The van der Waals surface area contributed by atoms with Crippen LogP contribution >= 0.6 is 0 Å². The van der Waals surface area contributed by atoms with Crippen LogP contribution in [-0.2, 0) is 11.3 Å². The molecule has 5 rings (SSSR count). The van der Waals surface area contributed by atoms with E-state index < -0.39 is 5.82 Å². The summed E-state index contributed by atoms with van der Waals surface area (Å²) < 4.78 is 25.7. The molecular weight excluding hydrogens is 433 g/mol. The predicted molar refractivity (Wildman–Crippen MR) is 128 cm³/mol. The molecule has 0 unspecified atom stereocenters. The van der Waals surface area contributed by atoms with E-state index in [9.17, 15) is 9.18 Å². The maximum Gasteiger partial charge on any atom is 0.254 e. The summed E-state index contributed by atoms with van der Waals surface area (Å²) in [5.74, 6) is 0.0783. The Morgan fingerprint density at radius 1 is 1.06 bits per heavy atom. The normalized spacial score (nSPS) is 18.3. The highest BCUT2D eigenvalue weighted by Crippen LogP contribution is 2.34. The Morgan fingerprint density at radius 3 is 2.62 bits per heavy atom. The third kappa shape index (κ3) is 4.99. The molecule has 2 saturated heterocycles. The lowest BCUT2D eigenvalue weighted by Gasteiger charge is -2.29. The molecule has 0 spiro atoms. The number of anilines is 1. The van der Waals surface area contributed by atoms with Crippen molar-refractivity contribution in [3.05, 3.63) is 71.5 Å². The summed E-state index contributed by atoms with van der Waals surface area (Å²) in [6.45, 7) is 3.26. The number of aromatic nitrogens is 1. The second kappa shape index (κ2) is 10.4. The molecule has 2 fully saturated rings. The van der Waals surface area contributed by atoms with Gasteiger partial charge in [0.25, 0.3) is 5.91 Å². The van der Waals surface area contributed by atoms with E-state index in [1.807, 2.05) is 30.3 Å². The van der Waals surface area contributed by atoms with Crippen LogP contribution in [0, 0.1) is 5.82 Å². The zero-order chi connectivity index (χ0) is 23.3. The fourth-order valence-corrected chi connectivity index (χ4v) is 4.86. The molecule has 3 heterocycles. The molecule has 2 aliphatic heterocycles. The van der Waals surface area contributed by atoms with Crippen LogP contribution in [-0.4, -0.2) is 48.3 Å². The number of benzene rings is 2. The number of piperidine rings is 1. The summed E-state index contributed by atoms with van der Waals surface area (Å²) in [6, 6.07) is 15.8. The number of rotatable bonds is 7. The van der Waals surface area contributed by atoms with Crippen molar-refractivity contribution in [2.45, 2.75) is 44.8 Å². The van der Waals surface area contributed by atoms with Gasteiger partial charge in [-0.1, -0.05) is 41.6 Å². The molecule has 2 aliphatic rings. The van der Waals surface area contributed by atoms with Gasteiger partial charge < -0.3 is 19.1 Å². The molecule has 0 radical (unpaired) electrons. The number of ether oxygens (including phenoxy) is 1. The van der Waals surface area contributed by atoms with Crippen molar-refractivity contribution in [2.24, 2.45) is 0 Å². The zero-order valence-corrected chi connectivity index (χ0v) is 19.3.